The van der Waals surface area contributed by atoms with Crippen LogP contribution in [-0.2, 0) is 29.0 Å². The van der Waals surface area contributed by atoms with E-state index in [0.29, 0.717) is 19.4 Å². The molecule has 2 aliphatic carbocycles. The maximum Gasteiger partial charge on any atom is 0.315 e. The highest BCUT2D eigenvalue weighted by atomic mass is 32.2. The van der Waals surface area contributed by atoms with Crippen LogP contribution in [0.5, 0.6) is 0 Å². The normalized spacial score (nSPS) is 24.2. The highest BCUT2D eigenvalue weighted by Gasteiger charge is 2.47. The Labute approximate surface area is 288 Å². The lowest BCUT2D eigenvalue weighted by molar-refractivity contribution is -0.150. The number of ketones is 2. The summed E-state index contributed by atoms with van der Waals surface area (Å²) in [5, 5.41) is 8.67. The van der Waals surface area contributed by atoms with Crippen LogP contribution in [0, 0.1) is 29.1 Å². The van der Waals surface area contributed by atoms with Gasteiger partial charge in [-0.1, -0.05) is 73.1 Å². The van der Waals surface area contributed by atoms with Crippen molar-refractivity contribution in [1.29, 1.82) is 0 Å². The molecule has 3 N–H and O–H groups in total. The molecule has 5 atom stereocenters. The molecular weight excluding hydrogens is 632 g/mol. The summed E-state index contributed by atoms with van der Waals surface area (Å²) in [7, 11) is -3.54. The van der Waals surface area contributed by atoms with Crippen molar-refractivity contribution in [3.05, 3.63) is 0 Å². The third-order valence-electron chi connectivity index (χ3n) is 11.4. The number of carbonyl (C=O) groups excluding carboxylic acids is 5. The molecule has 12 heteroatoms. The van der Waals surface area contributed by atoms with Gasteiger partial charge < -0.3 is 20.9 Å². The van der Waals surface area contributed by atoms with Crippen molar-refractivity contribution in [3.8, 4) is 0 Å². The fourth-order valence-corrected chi connectivity index (χ4v) is 8.47. The third-order valence-corrected chi connectivity index (χ3v) is 14.1. The van der Waals surface area contributed by atoms with Crippen LogP contribution in [-0.4, -0.2) is 83.9 Å². The fourth-order valence-electron chi connectivity index (χ4n) is 7.03. The van der Waals surface area contributed by atoms with E-state index in [1.165, 1.54) is 6.92 Å². The molecule has 0 aromatic rings. The zero-order chi connectivity index (χ0) is 36.2. The van der Waals surface area contributed by atoms with Crippen molar-refractivity contribution < 1.29 is 32.4 Å². The van der Waals surface area contributed by atoms with Gasteiger partial charge in [-0.2, -0.15) is 0 Å². The maximum absolute atomic E-state index is 14.6. The van der Waals surface area contributed by atoms with Crippen molar-refractivity contribution in [2.24, 2.45) is 29.1 Å². The Balaban J connectivity index is 1.89. The van der Waals surface area contributed by atoms with E-state index >= 15 is 0 Å². The lowest BCUT2D eigenvalue weighted by Crippen LogP contribution is -2.64. The minimum absolute atomic E-state index is 0.0453. The van der Waals surface area contributed by atoms with Gasteiger partial charge in [0, 0.05) is 19.5 Å². The van der Waals surface area contributed by atoms with Gasteiger partial charge in [-0.25, -0.2) is 13.2 Å². The van der Waals surface area contributed by atoms with Crippen LogP contribution in [0.1, 0.15) is 127 Å². The second-order valence-electron chi connectivity index (χ2n) is 16.9. The largest absolute Gasteiger partial charge is 0.344 e. The number of rotatable bonds is 13. The maximum atomic E-state index is 14.6. The quantitative estimate of drug-likeness (QED) is 0.238. The average Bonchev–Trinajstić information content (AvgIpc) is 2.96. The molecule has 274 valence electrons. The predicted molar refractivity (Wildman–Crippen MR) is 187 cm³/mol. The Bertz CT molecular complexity index is 1300. The Kier molecular flexibility index (Phi) is 13.3. The molecule has 1 saturated heterocycles. The molecule has 0 aromatic heterocycles. The minimum Gasteiger partial charge on any atom is -0.344 e. The van der Waals surface area contributed by atoms with E-state index in [1.54, 1.807) is 25.7 Å². The number of nitrogens with one attached hydrogen (secondary N) is 3. The van der Waals surface area contributed by atoms with Crippen molar-refractivity contribution in [2.45, 2.75) is 155 Å². The van der Waals surface area contributed by atoms with Crippen LogP contribution in [0.2, 0.25) is 0 Å². The van der Waals surface area contributed by atoms with Gasteiger partial charge in [0.25, 0.3) is 0 Å². The van der Waals surface area contributed by atoms with Crippen LogP contribution < -0.4 is 16.0 Å². The second-order valence-corrected chi connectivity index (χ2v) is 19.6. The second kappa shape index (κ2) is 16.0. The number of likely N-dealkylation sites (tertiary alicyclic amines) is 1. The van der Waals surface area contributed by atoms with E-state index in [0.717, 1.165) is 51.4 Å². The monoisotopic (exact) mass is 694 g/mol. The number of piperidine rings is 1. The molecule has 3 aliphatic rings. The number of carbonyl (C=O) groups is 5. The molecule has 1 heterocycles. The number of hydrogen-bond acceptors (Lipinski definition) is 7. The van der Waals surface area contributed by atoms with Gasteiger partial charge >= 0.3 is 6.03 Å². The Morgan fingerprint density at radius 2 is 1.50 bits per heavy atom. The number of urea groups is 1. The Morgan fingerprint density at radius 1 is 0.896 bits per heavy atom. The van der Waals surface area contributed by atoms with Crippen LogP contribution >= 0.6 is 0 Å². The molecule has 1 aliphatic heterocycles. The highest BCUT2D eigenvalue weighted by Crippen LogP contribution is 2.40. The molecule has 2 saturated carbocycles. The molecule has 4 amide bonds. The standard InChI is InChI=1S/C36H62N4O7S/c1-22(2)28(21-48(46,47)35(5,6)7)38-34(45)39-30(26-16-11-10-12-17-26)33(44)40-20-23(3)36(8,9)19-29(40)32(43)37-27(31(42)24(4)41)18-25-14-13-15-25/h22-23,25-30H,10-21H2,1-9H3,(H,37,43)(H2,38,39,45)/t23?,27?,28-,29+,30+/m1/s1. The van der Waals surface area contributed by atoms with E-state index < -0.39 is 62.3 Å². The Morgan fingerprint density at radius 3 is 2.00 bits per heavy atom. The first kappa shape index (κ1) is 39.9. The van der Waals surface area contributed by atoms with Crippen molar-refractivity contribution >= 4 is 39.2 Å². The molecule has 2 unspecified atom stereocenters. The van der Waals surface area contributed by atoms with Crippen LogP contribution in [0.25, 0.3) is 0 Å². The summed E-state index contributed by atoms with van der Waals surface area (Å²) in [6, 6.07) is -4.01. The molecule has 0 bridgehead atoms. The van der Waals surface area contributed by atoms with Crippen LogP contribution in [0.3, 0.4) is 0 Å². The molecule has 3 fully saturated rings. The highest BCUT2D eigenvalue weighted by molar-refractivity contribution is 7.92. The lowest BCUT2D eigenvalue weighted by atomic mass is 9.71. The van der Waals surface area contributed by atoms with Crippen LogP contribution in [0.15, 0.2) is 0 Å². The summed E-state index contributed by atoms with van der Waals surface area (Å²) >= 11 is 0. The number of amides is 4. The van der Waals surface area contributed by atoms with Crippen LogP contribution in [0.4, 0.5) is 4.79 Å². The smallest absolute Gasteiger partial charge is 0.315 e. The van der Waals surface area contributed by atoms with Gasteiger partial charge in [-0.3, -0.25) is 19.2 Å². The number of hydrogen-bond donors (Lipinski definition) is 3. The Hall–Kier alpha value is -2.50. The molecule has 0 radical (unpaired) electrons. The van der Waals surface area contributed by atoms with Crippen molar-refractivity contribution in [1.82, 2.24) is 20.9 Å². The summed E-state index contributed by atoms with van der Waals surface area (Å²) in [5.41, 5.74) is -0.291. The third kappa shape index (κ3) is 10.0. The summed E-state index contributed by atoms with van der Waals surface area (Å²) in [4.78, 5) is 68.9. The number of sulfone groups is 1. The van der Waals surface area contributed by atoms with Gasteiger partial charge in [0.2, 0.25) is 17.6 Å². The lowest BCUT2D eigenvalue weighted by Gasteiger charge is -2.48. The van der Waals surface area contributed by atoms with Crippen molar-refractivity contribution in [3.63, 3.8) is 0 Å². The first-order valence-corrected chi connectivity index (χ1v) is 19.7. The van der Waals surface area contributed by atoms with Gasteiger partial charge in [0.1, 0.15) is 12.1 Å². The molecule has 11 nitrogen and oxygen atoms in total. The minimum atomic E-state index is -3.54. The van der Waals surface area contributed by atoms with Crippen molar-refractivity contribution in [2.75, 3.05) is 12.3 Å². The summed E-state index contributed by atoms with van der Waals surface area (Å²) in [5.74, 6) is -2.28. The van der Waals surface area contributed by atoms with Gasteiger partial charge in [-0.15, -0.1) is 0 Å². The SMILES string of the molecule is CC(=O)C(=O)C(CC1CCC1)NC(=O)[C@@H]1CC(C)(C)C(C)CN1C(=O)[C@@H](NC(=O)N[C@H](CS(=O)(=O)C(C)(C)C)C(C)C)C1CCCCC1. The number of nitrogens with zero attached hydrogens (tertiary/aromatic N) is 1. The molecule has 48 heavy (non-hydrogen) atoms. The van der Waals surface area contributed by atoms with E-state index in [9.17, 15) is 32.4 Å². The molecule has 0 aromatic carbocycles. The predicted octanol–water partition coefficient (Wildman–Crippen LogP) is 4.57. The summed E-state index contributed by atoms with van der Waals surface area (Å²) < 4.78 is 25.1. The van der Waals surface area contributed by atoms with E-state index in [4.69, 9.17) is 0 Å². The topological polar surface area (TPSA) is 159 Å². The van der Waals surface area contributed by atoms with E-state index in [2.05, 4.69) is 29.8 Å². The first-order valence-electron chi connectivity index (χ1n) is 18.1. The van der Waals surface area contributed by atoms with Gasteiger partial charge in [-0.05, 0) is 75.5 Å². The molecule has 0 spiro atoms. The molecular formula is C36H62N4O7S. The van der Waals surface area contributed by atoms with Gasteiger partial charge in [0.05, 0.1) is 16.5 Å². The summed E-state index contributed by atoms with van der Waals surface area (Å²) in [6.45, 7) is 16.3. The summed E-state index contributed by atoms with van der Waals surface area (Å²) in [6.07, 6.45) is 8.08. The zero-order valence-corrected chi connectivity index (χ0v) is 31.6. The van der Waals surface area contributed by atoms with E-state index in [-0.39, 0.29) is 40.7 Å². The zero-order valence-electron chi connectivity index (χ0n) is 30.8. The first-order chi connectivity index (χ1) is 22.1. The van der Waals surface area contributed by atoms with Gasteiger partial charge in [0.15, 0.2) is 15.6 Å². The average molecular weight is 695 g/mol. The molecule has 3 rings (SSSR count). The van der Waals surface area contributed by atoms with E-state index in [1.807, 2.05) is 20.8 Å². The fraction of sp³-hybridized carbons (Fsp3) is 0.861. The number of Topliss-reactive ketones (excluding diaryl/α,β-unsaturated/α-hetero) is 2.